The summed E-state index contributed by atoms with van der Waals surface area (Å²) in [6.07, 6.45) is 17.3. The Morgan fingerprint density at radius 1 is 0.968 bits per heavy atom. The van der Waals surface area contributed by atoms with E-state index in [1.807, 2.05) is 109 Å². The van der Waals surface area contributed by atoms with Crippen LogP contribution in [0.4, 0.5) is 0 Å². The molecule has 1 saturated heterocycles. The van der Waals surface area contributed by atoms with E-state index in [4.69, 9.17) is 4.74 Å². The first-order chi connectivity index (χ1) is 14.2. The molecule has 4 rings (SSSR count). The maximum Gasteiger partial charge on any atom is 2.00 e. The van der Waals surface area contributed by atoms with Gasteiger partial charge in [-0.15, -0.1) is 0 Å². The van der Waals surface area contributed by atoms with Crippen LogP contribution < -0.4 is 0 Å². The Labute approximate surface area is 199 Å². The van der Waals surface area contributed by atoms with E-state index < -0.39 is 17.2 Å². The maximum absolute atomic E-state index is 13.2. The number of ether oxygens (including phenoxy) is 1. The first-order valence-electron chi connectivity index (χ1n) is 10.2. The third kappa shape index (κ3) is 6.14. The maximum atomic E-state index is 13.2. The van der Waals surface area contributed by atoms with E-state index in [0.29, 0.717) is 6.42 Å². The molecule has 0 aromatic heterocycles. The van der Waals surface area contributed by atoms with Gasteiger partial charge in [-0.3, -0.25) is 9.69 Å². The predicted octanol–water partition coefficient (Wildman–Crippen LogP) is 4.17. The van der Waals surface area contributed by atoms with Crippen LogP contribution in [0, 0.1) is 69.1 Å². The third-order valence-corrected chi connectivity index (χ3v) is 5.21. The molecule has 3 fully saturated rings. The van der Waals surface area contributed by atoms with Gasteiger partial charge in [0.15, 0.2) is 6.23 Å². The number of carbonyl (C=O) groups is 2. The largest absolute Gasteiger partial charge is 2.00 e. The fourth-order valence-electron chi connectivity index (χ4n) is 3.57. The first kappa shape index (κ1) is 25.9. The molecule has 2 atom stereocenters. The van der Waals surface area contributed by atoms with Gasteiger partial charge < -0.3 is 4.74 Å². The van der Waals surface area contributed by atoms with E-state index in [0.717, 1.165) is 11.5 Å². The van der Waals surface area contributed by atoms with Gasteiger partial charge in [-0.25, -0.2) is 4.79 Å². The van der Waals surface area contributed by atoms with Crippen LogP contribution in [-0.2, 0) is 37.8 Å². The van der Waals surface area contributed by atoms with Crippen molar-refractivity contribution in [1.29, 1.82) is 0 Å². The zero-order chi connectivity index (χ0) is 21.8. The Morgan fingerprint density at radius 2 is 1.48 bits per heavy atom. The Morgan fingerprint density at radius 3 is 1.97 bits per heavy atom. The van der Waals surface area contributed by atoms with E-state index in [9.17, 15) is 9.59 Å². The van der Waals surface area contributed by atoms with Gasteiger partial charge >= 0.3 is 23.0 Å². The van der Waals surface area contributed by atoms with Crippen molar-refractivity contribution in [1.82, 2.24) is 4.90 Å². The normalized spacial score (nSPS) is 26.1. The van der Waals surface area contributed by atoms with E-state index in [1.54, 1.807) is 11.8 Å². The summed E-state index contributed by atoms with van der Waals surface area (Å²) >= 11 is 0. The second kappa shape index (κ2) is 11.0. The fraction of sp³-hybridized carbons (Fsp3) is 0.308. The Bertz CT molecular complexity index is 712. The molecule has 1 heterocycles. The minimum atomic E-state index is -1.03. The smallest absolute Gasteiger partial charge is 0.439 e. The molecule has 0 unspecified atom stereocenters. The van der Waals surface area contributed by atoms with Gasteiger partial charge in [0.2, 0.25) is 5.91 Å². The van der Waals surface area contributed by atoms with Gasteiger partial charge in [0, 0.05) is 17.8 Å². The fourth-order valence-corrected chi connectivity index (χ4v) is 3.57. The van der Waals surface area contributed by atoms with Crippen LogP contribution in [0.3, 0.4) is 0 Å². The molecule has 1 aliphatic heterocycles. The van der Waals surface area contributed by atoms with Crippen LogP contribution in [0.2, 0.25) is 0 Å². The molecule has 31 heavy (non-hydrogen) atoms. The number of esters is 1. The number of carbonyl (C=O) groups excluding carboxylic acids is 2. The molecule has 2 saturated carbocycles. The average Bonchev–Trinajstić information content (AvgIpc) is 3.45. The quantitative estimate of drug-likeness (QED) is 0.504. The number of hydrogen-bond donors (Lipinski definition) is 0. The van der Waals surface area contributed by atoms with Crippen LogP contribution >= 0.6 is 0 Å². The third-order valence-electron chi connectivity index (χ3n) is 5.21. The summed E-state index contributed by atoms with van der Waals surface area (Å²) in [4.78, 5) is 27.7. The van der Waals surface area contributed by atoms with Crippen LogP contribution in [0.1, 0.15) is 33.3 Å². The van der Waals surface area contributed by atoms with Gasteiger partial charge in [0.25, 0.3) is 0 Å². The molecule has 4 nitrogen and oxygen atoms in total. The van der Waals surface area contributed by atoms with Crippen molar-refractivity contribution in [3.05, 3.63) is 99.6 Å². The average molecular weight is 459 g/mol. The van der Waals surface area contributed by atoms with Gasteiger partial charge in [0.05, 0.1) is 0 Å². The molecule has 0 spiro atoms. The molecule has 1 aromatic carbocycles. The van der Waals surface area contributed by atoms with Crippen molar-refractivity contribution in [2.45, 2.75) is 45.9 Å². The summed E-state index contributed by atoms with van der Waals surface area (Å²) < 4.78 is 5.69. The first-order valence-corrected chi connectivity index (χ1v) is 10.2. The van der Waals surface area contributed by atoms with E-state index in [1.165, 1.54) is 0 Å². The molecular weight excluding hydrogens is 430 g/mol. The van der Waals surface area contributed by atoms with Gasteiger partial charge in [-0.2, -0.15) is 0 Å². The Hall–Kier alpha value is -1.32. The Kier molecular flexibility index (Phi) is 9.21. The monoisotopic (exact) mass is 459 g/mol. The molecular formula is C26H29FeNO3+2. The van der Waals surface area contributed by atoms with E-state index >= 15 is 0 Å². The van der Waals surface area contributed by atoms with Crippen LogP contribution in [0.5, 0.6) is 0 Å². The topological polar surface area (TPSA) is 46.6 Å². The summed E-state index contributed by atoms with van der Waals surface area (Å²) in [5, 5.41) is 0. The summed E-state index contributed by atoms with van der Waals surface area (Å²) in [7, 11) is 0. The molecule has 5 heteroatoms. The van der Waals surface area contributed by atoms with Gasteiger partial charge in [-0.05, 0) is 70.3 Å². The summed E-state index contributed by atoms with van der Waals surface area (Å²) in [6.45, 7) is 7.39. The predicted molar refractivity (Wildman–Crippen MR) is 117 cm³/mol. The zero-order valence-electron chi connectivity index (χ0n) is 18.4. The van der Waals surface area contributed by atoms with Crippen molar-refractivity contribution in [3.63, 3.8) is 0 Å². The van der Waals surface area contributed by atoms with E-state index in [2.05, 4.69) is 0 Å². The molecule has 1 amide bonds. The van der Waals surface area contributed by atoms with Crippen molar-refractivity contribution in [2.75, 3.05) is 0 Å². The minimum Gasteiger partial charge on any atom is -0.439 e. The van der Waals surface area contributed by atoms with Crippen molar-refractivity contribution >= 4 is 11.9 Å². The summed E-state index contributed by atoms with van der Waals surface area (Å²) in [5.41, 5.74) is -0.651. The van der Waals surface area contributed by atoms with Crippen LogP contribution in [0.25, 0.3) is 0 Å². The number of rotatable bonds is 3. The standard InChI is InChI=1S/C21H24NO3.C5H5.Fe/c1-20(2,3)18(23)22-17(16-12-8-9-13-16)25-19(24)21(22,4)14-15-10-6-5-7-11-15;1-2-4-5-3-1;/h5-13,17H,14H2,1-4H3;1-5H;/q;;+2/t17-,21+;;/m0../s1. The van der Waals surface area contributed by atoms with Gasteiger partial charge in [-0.1, -0.05) is 51.1 Å². The summed E-state index contributed by atoms with van der Waals surface area (Å²) in [5.74, 6) is 0.367. The second-order valence-corrected chi connectivity index (χ2v) is 8.80. The second-order valence-electron chi connectivity index (χ2n) is 8.80. The van der Waals surface area contributed by atoms with Crippen LogP contribution in [0.15, 0.2) is 30.3 Å². The minimum absolute atomic E-state index is 0. The molecule has 3 aliphatic rings. The van der Waals surface area contributed by atoms with Crippen LogP contribution in [-0.4, -0.2) is 28.5 Å². The molecule has 10 radical (unpaired) electrons. The molecule has 0 N–H and O–H groups in total. The molecule has 0 bridgehead atoms. The molecule has 162 valence electrons. The van der Waals surface area contributed by atoms with Crippen molar-refractivity contribution in [2.24, 2.45) is 5.41 Å². The number of benzene rings is 1. The zero-order valence-corrected chi connectivity index (χ0v) is 19.5. The number of hydrogen-bond acceptors (Lipinski definition) is 3. The summed E-state index contributed by atoms with van der Waals surface area (Å²) in [6, 6.07) is 9.74. The Balaban J connectivity index is 0.000000501. The number of nitrogens with zero attached hydrogens (tertiary/aromatic N) is 1. The van der Waals surface area contributed by atoms with Crippen molar-refractivity contribution < 1.29 is 31.4 Å². The number of amides is 1. The van der Waals surface area contributed by atoms with Crippen molar-refractivity contribution in [3.8, 4) is 0 Å². The SMILES string of the molecule is CC(C)(C)C(=O)N1[C@H]([C]2[CH][CH][CH][CH]2)OC(=O)[C@@]1(C)Cc1ccccc1.[CH]1[CH][CH][CH][CH]1.[Fe+2]. The van der Waals surface area contributed by atoms with Gasteiger partial charge in [0.1, 0.15) is 5.54 Å². The molecule has 2 aliphatic carbocycles. The molecule has 1 aromatic rings. The van der Waals surface area contributed by atoms with E-state index in [-0.39, 0.29) is 28.9 Å². The number of cyclic esters (lactones) is 1.